The Kier molecular flexibility index (Phi) is 5.71. The first-order valence-corrected chi connectivity index (χ1v) is 11.1. The Morgan fingerprint density at radius 1 is 1.12 bits per heavy atom. The van der Waals surface area contributed by atoms with E-state index in [2.05, 4.69) is 31.3 Å². The lowest BCUT2D eigenvalue weighted by molar-refractivity contribution is 0.199. The van der Waals surface area contributed by atoms with E-state index in [1.54, 1.807) is 12.3 Å². The molecule has 4 aromatic heterocycles. The molecule has 0 aliphatic heterocycles. The number of hydrogen-bond donors (Lipinski definition) is 2. The van der Waals surface area contributed by atoms with E-state index in [1.807, 2.05) is 37.5 Å². The molecule has 32 heavy (non-hydrogen) atoms. The summed E-state index contributed by atoms with van der Waals surface area (Å²) in [6.45, 7) is 2.47. The van der Waals surface area contributed by atoms with Gasteiger partial charge in [0.2, 0.25) is 11.8 Å². The van der Waals surface area contributed by atoms with Crippen LogP contribution in [0.25, 0.3) is 11.0 Å². The summed E-state index contributed by atoms with van der Waals surface area (Å²) in [4.78, 5) is 16.1. The summed E-state index contributed by atoms with van der Waals surface area (Å²) in [6, 6.07) is 9.51. The highest BCUT2D eigenvalue weighted by atomic mass is 19.1. The minimum atomic E-state index is -0.474. The number of anilines is 1. The van der Waals surface area contributed by atoms with Gasteiger partial charge in [-0.05, 0) is 61.9 Å². The molecule has 1 aliphatic rings. The molecule has 0 bridgehead atoms. The van der Waals surface area contributed by atoms with E-state index in [0.717, 1.165) is 40.6 Å². The van der Waals surface area contributed by atoms with Gasteiger partial charge in [-0.25, -0.2) is 15.0 Å². The third kappa shape index (κ3) is 4.42. The van der Waals surface area contributed by atoms with E-state index in [9.17, 15) is 4.39 Å². The van der Waals surface area contributed by atoms with Gasteiger partial charge in [0.15, 0.2) is 0 Å². The molecule has 4 aromatic rings. The molecule has 164 valence electrons. The van der Waals surface area contributed by atoms with Crippen LogP contribution in [0.4, 0.5) is 10.2 Å². The number of hydrogen-bond acceptors (Lipinski definition) is 5. The zero-order valence-electron chi connectivity index (χ0n) is 18.1. The highest BCUT2D eigenvalue weighted by Gasteiger charge is 2.18. The molecule has 0 saturated heterocycles. The van der Waals surface area contributed by atoms with Crippen molar-refractivity contribution in [2.45, 2.75) is 51.7 Å². The molecule has 0 spiro atoms. The van der Waals surface area contributed by atoms with Crippen molar-refractivity contribution in [3.63, 3.8) is 0 Å². The van der Waals surface area contributed by atoms with Gasteiger partial charge in [-0.2, -0.15) is 4.39 Å². The van der Waals surface area contributed by atoms with E-state index in [-0.39, 0.29) is 6.10 Å². The molecule has 1 saturated carbocycles. The Hall–Kier alpha value is -3.48. The molecule has 0 amide bonds. The minimum absolute atomic E-state index is 0.238. The number of ether oxygens (including phenoxy) is 1. The molecule has 2 N–H and O–H groups in total. The smallest absolute Gasteiger partial charge is 0.218 e. The fourth-order valence-corrected chi connectivity index (χ4v) is 4.22. The molecule has 1 aliphatic carbocycles. The third-order valence-electron chi connectivity index (χ3n) is 5.95. The number of pyridine rings is 3. The second-order valence-electron chi connectivity index (χ2n) is 8.39. The van der Waals surface area contributed by atoms with Crippen LogP contribution >= 0.6 is 0 Å². The summed E-state index contributed by atoms with van der Waals surface area (Å²) in [5.74, 6) is 0.657. The van der Waals surface area contributed by atoms with Crippen LogP contribution in [0.5, 0.6) is 5.88 Å². The number of nitrogens with one attached hydrogen (secondary N) is 2. The van der Waals surface area contributed by atoms with Gasteiger partial charge in [0, 0.05) is 48.1 Å². The monoisotopic (exact) mass is 431 g/mol. The number of fused-ring (bicyclic) bond motifs is 1. The van der Waals surface area contributed by atoms with Gasteiger partial charge in [-0.3, -0.25) is 0 Å². The largest absolute Gasteiger partial charge is 0.474 e. The lowest BCUT2D eigenvalue weighted by Crippen LogP contribution is -2.14. The molecule has 0 unspecified atom stereocenters. The highest BCUT2D eigenvalue weighted by Crippen LogP contribution is 2.26. The molecule has 0 aromatic carbocycles. The molecule has 6 nitrogen and oxygen atoms in total. The number of H-pyrrole nitrogens is 1. The SMILES string of the molecule is Cc1cnc2[nH]cc(Cc3ccc(NCc4cccnc4OC4CCCC4)nc3F)c2c1. The van der Waals surface area contributed by atoms with Crippen LogP contribution in [0.3, 0.4) is 0 Å². The van der Waals surface area contributed by atoms with Crippen molar-refractivity contribution < 1.29 is 9.13 Å². The summed E-state index contributed by atoms with van der Waals surface area (Å²) >= 11 is 0. The first-order chi connectivity index (χ1) is 15.7. The second kappa shape index (κ2) is 8.94. The van der Waals surface area contributed by atoms with Crippen LogP contribution in [0.15, 0.2) is 48.9 Å². The van der Waals surface area contributed by atoms with Crippen molar-refractivity contribution in [2.75, 3.05) is 5.32 Å². The summed E-state index contributed by atoms with van der Waals surface area (Å²) in [5.41, 5.74) is 4.37. The molecule has 4 heterocycles. The Morgan fingerprint density at radius 2 is 2.00 bits per heavy atom. The van der Waals surface area contributed by atoms with Crippen molar-refractivity contribution in [3.05, 3.63) is 77.1 Å². The van der Waals surface area contributed by atoms with Crippen molar-refractivity contribution >= 4 is 16.9 Å². The summed E-state index contributed by atoms with van der Waals surface area (Å²) in [5, 5.41) is 4.21. The fourth-order valence-electron chi connectivity index (χ4n) is 4.22. The summed E-state index contributed by atoms with van der Waals surface area (Å²) in [6.07, 6.45) is 10.7. The maximum Gasteiger partial charge on any atom is 0.218 e. The van der Waals surface area contributed by atoms with Crippen LogP contribution in [-0.2, 0) is 13.0 Å². The average molecular weight is 432 g/mol. The normalized spacial score (nSPS) is 14.2. The summed E-state index contributed by atoms with van der Waals surface area (Å²) in [7, 11) is 0. The average Bonchev–Trinajstić information content (AvgIpc) is 3.45. The Labute approximate surface area is 186 Å². The van der Waals surface area contributed by atoms with Crippen molar-refractivity contribution in [3.8, 4) is 5.88 Å². The van der Waals surface area contributed by atoms with Crippen LogP contribution in [-0.4, -0.2) is 26.0 Å². The van der Waals surface area contributed by atoms with Gasteiger partial charge in [-0.1, -0.05) is 12.1 Å². The zero-order chi connectivity index (χ0) is 21.9. The van der Waals surface area contributed by atoms with Gasteiger partial charge in [-0.15, -0.1) is 0 Å². The van der Waals surface area contributed by atoms with E-state index >= 15 is 0 Å². The minimum Gasteiger partial charge on any atom is -0.474 e. The van der Waals surface area contributed by atoms with Crippen LogP contribution in [0.1, 0.15) is 47.9 Å². The lowest BCUT2D eigenvalue weighted by Gasteiger charge is -2.15. The maximum absolute atomic E-state index is 14.8. The van der Waals surface area contributed by atoms with Gasteiger partial charge >= 0.3 is 0 Å². The number of aromatic nitrogens is 4. The molecule has 7 heteroatoms. The number of aromatic amines is 1. The standard InChI is InChI=1S/C25H26FN5O/c1-16-11-21-19(15-30-24(21)29-13-16)12-17-8-9-22(31-23(17)26)28-14-18-5-4-10-27-25(18)32-20-6-2-3-7-20/h4-5,8-11,13,15,20H,2-3,6-7,12,14H2,1H3,(H,28,31)(H,29,30). The van der Waals surface area contributed by atoms with Gasteiger partial charge in [0.25, 0.3) is 0 Å². The second-order valence-corrected chi connectivity index (χ2v) is 8.39. The Morgan fingerprint density at radius 3 is 2.84 bits per heavy atom. The number of halogens is 1. The Balaban J connectivity index is 1.27. The van der Waals surface area contributed by atoms with Crippen molar-refractivity contribution in [2.24, 2.45) is 0 Å². The first kappa shape index (κ1) is 20.4. The van der Waals surface area contributed by atoms with Gasteiger partial charge < -0.3 is 15.0 Å². The highest BCUT2D eigenvalue weighted by molar-refractivity contribution is 5.80. The topological polar surface area (TPSA) is 75.7 Å². The van der Waals surface area contributed by atoms with Gasteiger partial charge in [0.05, 0.1) is 0 Å². The van der Waals surface area contributed by atoms with Crippen LogP contribution < -0.4 is 10.1 Å². The lowest BCUT2D eigenvalue weighted by atomic mass is 10.1. The predicted molar refractivity (Wildman–Crippen MR) is 122 cm³/mol. The number of rotatable bonds is 7. The predicted octanol–water partition coefficient (Wildman–Crippen LogP) is 5.32. The molecular weight excluding hydrogens is 405 g/mol. The fraction of sp³-hybridized carbons (Fsp3) is 0.320. The Bertz CT molecular complexity index is 1230. The van der Waals surface area contributed by atoms with Crippen molar-refractivity contribution in [1.29, 1.82) is 0 Å². The quantitative estimate of drug-likeness (QED) is 0.387. The molecule has 0 atom stereocenters. The molecule has 1 fully saturated rings. The van der Waals surface area contributed by atoms with Crippen LogP contribution in [0, 0.1) is 12.9 Å². The number of aryl methyl sites for hydroxylation is 1. The molecular formula is C25H26FN5O. The van der Waals surface area contributed by atoms with E-state index in [0.29, 0.717) is 30.2 Å². The number of nitrogens with zero attached hydrogens (tertiary/aromatic N) is 3. The molecule has 0 radical (unpaired) electrons. The van der Waals surface area contributed by atoms with E-state index < -0.39 is 5.95 Å². The maximum atomic E-state index is 14.8. The van der Waals surface area contributed by atoms with E-state index in [1.165, 1.54) is 12.8 Å². The third-order valence-corrected chi connectivity index (χ3v) is 5.95. The zero-order valence-corrected chi connectivity index (χ0v) is 18.1. The first-order valence-electron chi connectivity index (χ1n) is 11.1. The van der Waals surface area contributed by atoms with Gasteiger partial charge in [0.1, 0.15) is 17.6 Å². The molecule has 5 rings (SSSR count). The van der Waals surface area contributed by atoms with E-state index in [4.69, 9.17) is 4.74 Å². The van der Waals surface area contributed by atoms with Crippen LogP contribution in [0.2, 0.25) is 0 Å². The van der Waals surface area contributed by atoms with Crippen molar-refractivity contribution in [1.82, 2.24) is 19.9 Å². The summed E-state index contributed by atoms with van der Waals surface area (Å²) < 4.78 is 20.9.